The van der Waals surface area contributed by atoms with E-state index in [0.29, 0.717) is 10.6 Å². The van der Waals surface area contributed by atoms with Crippen LogP contribution in [0.5, 0.6) is 5.75 Å². The van der Waals surface area contributed by atoms with Crippen molar-refractivity contribution in [1.82, 2.24) is 0 Å². The van der Waals surface area contributed by atoms with Crippen molar-refractivity contribution in [2.24, 2.45) is 0 Å². The first kappa shape index (κ1) is 17.6. The minimum Gasteiger partial charge on any atom is -0.496 e. The van der Waals surface area contributed by atoms with E-state index in [1.165, 1.54) is 7.11 Å². The summed E-state index contributed by atoms with van der Waals surface area (Å²) in [6.07, 6.45) is 0. The second-order valence-corrected chi connectivity index (χ2v) is 4.19. The molecule has 0 aliphatic carbocycles. The summed E-state index contributed by atoms with van der Waals surface area (Å²) in [5, 5.41) is 0. The predicted molar refractivity (Wildman–Crippen MR) is 61.9 cm³/mol. The van der Waals surface area contributed by atoms with Crippen LogP contribution in [0, 0.1) is 0 Å². The zero-order chi connectivity index (χ0) is 12.2. The van der Waals surface area contributed by atoms with E-state index >= 15 is 0 Å². The zero-order valence-electron chi connectivity index (χ0n) is 9.75. The molecule has 88 valence electrons. The summed E-state index contributed by atoms with van der Waals surface area (Å²) in [6.45, 7) is -1.90. The third-order valence-electron chi connectivity index (χ3n) is 1.95. The van der Waals surface area contributed by atoms with Crippen LogP contribution in [0.3, 0.4) is 0 Å². The second-order valence-electron chi connectivity index (χ2n) is 3.17. The van der Waals surface area contributed by atoms with Crippen molar-refractivity contribution >= 4 is 18.7 Å². The Morgan fingerprint density at radius 3 is 2.47 bits per heavy atom. The van der Waals surface area contributed by atoms with Gasteiger partial charge in [-0.05, 0) is 17.9 Å². The first-order valence-electron chi connectivity index (χ1n) is 4.58. The molecule has 1 rings (SSSR count). The largest absolute Gasteiger partial charge is 1.00 e. The summed E-state index contributed by atoms with van der Waals surface area (Å²) in [6, 6.07) is 6.96. The molecule has 0 radical (unpaired) electrons. The van der Waals surface area contributed by atoms with Gasteiger partial charge in [0.05, 0.1) is 7.11 Å². The Bertz CT molecular complexity index is 384. The molecule has 1 aromatic rings. The molecule has 0 aliphatic rings. The van der Waals surface area contributed by atoms with E-state index in [1.54, 1.807) is 24.3 Å². The zero-order valence-corrected chi connectivity index (χ0v) is 13.7. The van der Waals surface area contributed by atoms with Crippen molar-refractivity contribution in [3.8, 4) is 5.75 Å². The van der Waals surface area contributed by atoms with Crippen LogP contribution in [0.2, 0.25) is 0 Å². The predicted octanol–water partition coefficient (Wildman–Crippen LogP) is 0.734. The van der Waals surface area contributed by atoms with Crippen LogP contribution < -0.4 is 56.1 Å². The van der Waals surface area contributed by atoms with Crippen LogP contribution in [-0.2, 0) is 0 Å². The van der Waals surface area contributed by atoms with Crippen LogP contribution in [0.25, 0.3) is 0 Å². The molecule has 0 atom stereocenters. The topological polar surface area (TPSA) is 9.23 Å². The number of hydrogen-bond acceptors (Lipinski definition) is 2. The van der Waals surface area contributed by atoms with Gasteiger partial charge in [-0.15, -0.1) is 23.8 Å². The number of thioether (sulfide) groups is 1. The summed E-state index contributed by atoms with van der Waals surface area (Å²) >= 11 is 1.08. The summed E-state index contributed by atoms with van der Waals surface area (Å²) in [7, 11) is 1.49. The van der Waals surface area contributed by atoms with Gasteiger partial charge in [-0.1, -0.05) is 12.1 Å². The molecular formula is C10H11BF3KOS. The van der Waals surface area contributed by atoms with E-state index in [4.69, 9.17) is 4.74 Å². The molecule has 0 aliphatic heterocycles. The Kier molecular flexibility index (Phi) is 8.19. The van der Waals surface area contributed by atoms with Gasteiger partial charge < -0.3 is 17.7 Å². The van der Waals surface area contributed by atoms with Crippen molar-refractivity contribution in [3.05, 3.63) is 36.3 Å². The molecule has 7 heteroatoms. The number of methoxy groups -OCH3 is 1. The van der Waals surface area contributed by atoms with Gasteiger partial charge in [0.25, 0.3) is 0 Å². The van der Waals surface area contributed by atoms with E-state index in [-0.39, 0.29) is 57.1 Å². The molecule has 1 aromatic carbocycles. The maximum Gasteiger partial charge on any atom is 1.00 e. The first-order valence-corrected chi connectivity index (χ1v) is 5.57. The number of rotatable bonds is 5. The smallest absolute Gasteiger partial charge is 0.496 e. The van der Waals surface area contributed by atoms with Gasteiger partial charge in [0, 0.05) is 4.90 Å². The molecule has 0 saturated heterocycles. The van der Waals surface area contributed by atoms with Gasteiger partial charge in [0.1, 0.15) is 5.75 Å². The third-order valence-corrected chi connectivity index (χ3v) is 3.11. The third kappa shape index (κ3) is 5.85. The van der Waals surface area contributed by atoms with E-state index in [1.807, 2.05) is 0 Å². The fourth-order valence-corrected chi connectivity index (χ4v) is 2.00. The molecule has 0 saturated carbocycles. The molecule has 0 unspecified atom stereocenters. The molecule has 0 amide bonds. The summed E-state index contributed by atoms with van der Waals surface area (Å²) in [5.74, 6) is 0.416. The SMILES string of the molecule is C=C(CSc1ccccc1OC)[B-](F)(F)F.[K+]. The normalized spacial score (nSPS) is 10.6. The van der Waals surface area contributed by atoms with E-state index in [0.717, 1.165) is 11.8 Å². The van der Waals surface area contributed by atoms with Crippen LogP contribution in [0.15, 0.2) is 41.2 Å². The van der Waals surface area contributed by atoms with Gasteiger partial charge in [-0.25, -0.2) is 0 Å². The van der Waals surface area contributed by atoms with E-state index < -0.39 is 12.4 Å². The van der Waals surface area contributed by atoms with Gasteiger partial charge in [-0.3, -0.25) is 0 Å². The van der Waals surface area contributed by atoms with Gasteiger partial charge >= 0.3 is 58.4 Å². The average Bonchev–Trinajstić information content (AvgIpc) is 2.24. The van der Waals surface area contributed by atoms with Crippen LogP contribution in [0.1, 0.15) is 0 Å². The quantitative estimate of drug-likeness (QED) is 0.583. The summed E-state index contributed by atoms with van der Waals surface area (Å²) in [4.78, 5) is 0.686. The Morgan fingerprint density at radius 1 is 1.35 bits per heavy atom. The Hall–Kier alpha value is 0.601. The van der Waals surface area contributed by atoms with Crippen LogP contribution >= 0.6 is 11.8 Å². The fourth-order valence-electron chi connectivity index (χ4n) is 1.00. The maximum atomic E-state index is 12.3. The van der Waals surface area contributed by atoms with Crippen LogP contribution in [0.4, 0.5) is 12.9 Å². The maximum absolute atomic E-state index is 12.3. The molecule has 1 nitrogen and oxygen atoms in total. The van der Waals surface area contributed by atoms with E-state index in [9.17, 15) is 12.9 Å². The average molecular weight is 286 g/mol. The van der Waals surface area contributed by atoms with Gasteiger partial charge in [0.2, 0.25) is 0 Å². The molecule has 0 fully saturated rings. The summed E-state index contributed by atoms with van der Waals surface area (Å²) in [5.41, 5.74) is -0.684. The first-order chi connectivity index (χ1) is 7.45. The molecule has 0 N–H and O–H groups in total. The second kappa shape index (κ2) is 7.91. The fraction of sp³-hybridized carbons (Fsp3) is 0.200. The van der Waals surface area contributed by atoms with Crippen LogP contribution in [-0.4, -0.2) is 19.8 Å². The Morgan fingerprint density at radius 2 is 1.94 bits per heavy atom. The Labute approximate surface area is 146 Å². The molecule has 0 heterocycles. The number of para-hydroxylation sites is 1. The molecule has 0 spiro atoms. The van der Waals surface area contributed by atoms with Crippen molar-refractivity contribution in [1.29, 1.82) is 0 Å². The Balaban J connectivity index is 0.00000256. The number of ether oxygens (including phenoxy) is 1. The molecule has 0 aromatic heterocycles. The standard InChI is InChI=1S/C10H11BF3OS.K/c1-8(11(12,13)14)7-16-10-6-4-3-5-9(10)15-2;/h3-6H,1,7H2,2H3;/q-1;+1. The van der Waals surface area contributed by atoms with Gasteiger partial charge in [0.15, 0.2) is 0 Å². The van der Waals surface area contributed by atoms with Crippen molar-refractivity contribution in [2.45, 2.75) is 4.90 Å². The minimum atomic E-state index is -4.94. The van der Waals surface area contributed by atoms with Crippen molar-refractivity contribution < 1.29 is 69.1 Å². The van der Waals surface area contributed by atoms with Gasteiger partial charge in [-0.2, -0.15) is 0 Å². The number of benzene rings is 1. The molecule has 17 heavy (non-hydrogen) atoms. The minimum absolute atomic E-state index is 0. The number of halogens is 3. The van der Waals surface area contributed by atoms with Crippen molar-refractivity contribution in [2.75, 3.05) is 12.9 Å². The number of hydrogen-bond donors (Lipinski definition) is 0. The molecular weight excluding hydrogens is 275 g/mol. The van der Waals surface area contributed by atoms with Crippen molar-refractivity contribution in [3.63, 3.8) is 0 Å². The van der Waals surface area contributed by atoms with E-state index in [2.05, 4.69) is 6.58 Å². The molecule has 0 bridgehead atoms. The monoisotopic (exact) mass is 286 g/mol. The summed E-state index contributed by atoms with van der Waals surface area (Å²) < 4.78 is 41.8.